The third kappa shape index (κ3) is 2.08. The zero-order chi connectivity index (χ0) is 9.14. The molecule has 0 radical (unpaired) electrons. The summed E-state index contributed by atoms with van der Waals surface area (Å²) in [5.41, 5.74) is 0. The molecule has 0 amide bonds. The summed E-state index contributed by atoms with van der Waals surface area (Å²) < 4.78 is 0.923. The maximum Gasteiger partial charge on any atom is 0.345 e. The standard InChI is InChI=1S/C8H9BrO2S/c1-2-3-6-5(9)4-7(12-6)8(10)11/h4H,2-3H2,1H3,(H,10,11). The summed E-state index contributed by atoms with van der Waals surface area (Å²) in [6.45, 7) is 2.08. The molecule has 1 heterocycles. The lowest BCUT2D eigenvalue weighted by Crippen LogP contribution is -1.89. The molecule has 0 fully saturated rings. The van der Waals surface area contributed by atoms with E-state index >= 15 is 0 Å². The van der Waals surface area contributed by atoms with Gasteiger partial charge in [0.1, 0.15) is 4.88 Å². The first-order valence-corrected chi connectivity index (χ1v) is 5.27. The molecule has 0 unspecified atom stereocenters. The number of rotatable bonds is 3. The van der Waals surface area contributed by atoms with Gasteiger partial charge in [-0.05, 0) is 28.4 Å². The van der Waals surface area contributed by atoms with Gasteiger partial charge in [0.05, 0.1) is 0 Å². The summed E-state index contributed by atoms with van der Waals surface area (Å²) in [6, 6.07) is 1.66. The van der Waals surface area contributed by atoms with E-state index in [9.17, 15) is 4.79 Å². The normalized spacial score (nSPS) is 10.2. The average Bonchev–Trinajstić information content (AvgIpc) is 2.34. The largest absolute Gasteiger partial charge is 0.477 e. The zero-order valence-corrected chi connectivity index (χ0v) is 9.04. The van der Waals surface area contributed by atoms with Gasteiger partial charge in [-0.1, -0.05) is 13.3 Å². The molecule has 1 rings (SSSR count). The Balaban J connectivity index is 2.92. The van der Waals surface area contributed by atoms with Gasteiger partial charge in [-0.3, -0.25) is 0 Å². The van der Waals surface area contributed by atoms with E-state index in [1.165, 1.54) is 11.3 Å². The quantitative estimate of drug-likeness (QED) is 0.893. The highest BCUT2D eigenvalue weighted by Gasteiger charge is 2.10. The lowest BCUT2D eigenvalue weighted by atomic mass is 10.3. The van der Waals surface area contributed by atoms with Crippen molar-refractivity contribution in [3.63, 3.8) is 0 Å². The minimum atomic E-state index is -0.844. The Bertz CT molecular complexity index is 293. The molecule has 0 aliphatic carbocycles. The maximum absolute atomic E-state index is 10.6. The molecule has 1 N–H and O–H groups in total. The fourth-order valence-corrected chi connectivity index (χ4v) is 2.72. The van der Waals surface area contributed by atoms with Crippen LogP contribution in [0.25, 0.3) is 0 Å². The number of aromatic carboxylic acids is 1. The fourth-order valence-electron chi connectivity index (χ4n) is 0.909. The SMILES string of the molecule is CCCc1sc(C(=O)O)cc1Br. The number of carboxylic acids is 1. The van der Waals surface area contributed by atoms with Crippen molar-refractivity contribution in [2.24, 2.45) is 0 Å². The number of thiophene rings is 1. The monoisotopic (exact) mass is 248 g/mol. The average molecular weight is 249 g/mol. The Morgan fingerprint density at radius 3 is 2.83 bits per heavy atom. The van der Waals surface area contributed by atoms with Crippen LogP contribution in [0.1, 0.15) is 27.9 Å². The van der Waals surface area contributed by atoms with Crippen LogP contribution in [0, 0.1) is 0 Å². The Hall–Kier alpha value is -0.350. The minimum absolute atomic E-state index is 0.408. The van der Waals surface area contributed by atoms with Gasteiger partial charge in [-0.15, -0.1) is 11.3 Å². The van der Waals surface area contributed by atoms with E-state index in [1.807, 2.05) is 0 Å². The summed E-state index contributed by atoms with van der Waals surface area (Å²) in [6.07, 6.45) is 1.98. The molecule has 2 nitrogen and oxygen atoms in total. The molecule has 4 heteroatoms. The van der Waals surface area contributed by atoms with Crippen LogP contribution < -0.4 is 0 Å². The van der Waals surface area contributed by atoms with Gasteiger partial charge in [0.15, 0.2) is 0 Å². The molecular formula is C8H9BrO2S. The molecule has 0 aliphatic heterocycles. The van der Waals surface area contributed by atoms with E-state index < -0.39 is 5.97 Å². The van der Waals surface area contributed by atoms with Crippen molar-refractivity contribution in [3.05, 3.63) is 20.3 Å². The molecule has 66 valence electrons. The van der Waals surface area contributed by atoms with Crippen LogP contribution in [0.3, 0.4) is 0 Å². The van der Waals surface area contributed by atoms with Gasteiger partial charge in [0.2, 0.25) is 0 Å². The van der Waals surface area contributed by atoms with Crippen LogP contribution in [-0.2, 0) is 6.42 Å². The second-order valence-corrected chi connectivity index (χ2v) is 4.43. The summed E-state index contributed by atoms with van der Waals surface area (Å²) in [4.78, 5) is 12.1. The highest BCUT2D eigenvalue weighted by Crippen LogP contribution is 2.28. The fraction of sp³-hybridized carbons (Fsp3) is 0.375. The molecule has 0 bridgehead atoms. The molecule has 1 aromatic rings. The minimum Gasteiger partial charge on any atom is -0.477 e. The molecule has 0 atom stereocenters. The number of hydrogen-bond donors (Lipinski definition) is 1. The third-order valence-corrected chi connectivity index (χ3v) is 3.60. The van der Waals surface area contributed by atoms with Gasteiger partial charge in [-0.25, -0.2) is 4.79 Å². The maximum atomic E-state index is 10.6. The molecule has 12 heavy (non-hydrogen) atoms. The van der Waals surface area contributed by atoms with Crippen molar-refractivity contribution in [1.29, 1.82) is 0 Å². The predicted octanol–water partition coefficient (Wildman–Crippen LogP) is 3.16. The van der Waals surface area contributed by atoms with E-state index in [0.29, 0.717) is 4.88 Å². The Morgan fingerprint density at radius 1 is 1.75 bits per heavy atom. The van der Waals surface area contributed by atoms with Gasteiger partial charge in [-0.2, -0.15) is 0 Å². The second kappa shape index (κ2) is 4.05. The van der Waals surface area contributed by atoms with Crippen LogP contribution in [0.2, 0.25) is 0 Å². The van der Waals surface area contributed by atoms with Crippen LogP contribution in [0.5, 0.6) is 0 Å². The Morgan fingerprint density at radius 2 is 2.42 bits per heavy atom. The molecular weight excluding hydrogens is 240 g/mol. The van der Waals surface area contributed by atoms with Crippen molar-refractivity contribution >= 4 is 33.2 Å². The smallest absolute Gasteiger partial charge is 0.345 e. The highest BCUT2D eigenvalue weighted by atomic mass is 79.9. The lowest BCUT2D eigenvalue weighted by Gasteiger charge is -1.91. The molecule has 0 aliphatic rings. The van der Waals surface area contributed by atoms with E-state index in [-0.39, 0.29) is 0 Å². The number of carbonyl (C=O) groups is 1. The van der Waals surface area contributed by atoms with Gasteiger partial charge < -0.3 is 5.11 Å². The van der Waals surface area contributed by atoms with Crippen molar-refractivity contribution in [2.45, 2.75) is 19.8 Å². The van der Waals surface area contributed by atoms with Crippen LogP contribution in [0.15, 0.2) is 10.5 Å². The van der Waals surface area contributed by atoms with Crippen LogP contribution in [0.4, 0.5) is 0 Å². The molecule has 1 aromatic heterocycles. The molecule has 0 saturated heterocycles. The first-order valence-electron chi connectivity index (χ1n) is 3.66. The van der Waals surface area contributed by atoms with Crippen LogP contribution >= 0.6 is 27.3 Å². The Labute approximate surface area is 83.4 Å². The summed E-state index contributed by atoms with van der Waals surface area (Å²) in [5, 5.41) is 8.68. The van der Waals surface area contributed by atoms with Crippen molar-refractivity contribution in [1.82, 2.24) is 0 Å². The predicted molar refractivity (Wildman–Crippen MR) is 53.0 cm³/mol. The lowest BCUT2D eigenvalue weighted by molar-refractivity contribution is 0.0702. The number of aryl methyl sites for hydroxylation is 1. The summed E-state index contributed by atoms with van der Waals surface area (Å²) in [5.74, 6) is -0.844. The first-order chi connectivity index (χ1) is 5.65. The van der Waals surface area contributed by atoms with E-state index in [2.05, 4.69) is 22.9 Å². The first kappa shape index (κ1) is 9.74. The Kier molecular flexibility index (Phi) is 3.29. The summed E-state index contributed by atoms with van der Waals surface area (Å²) >= 11 is 4.68. The van der Waals surface area contributed by atoms with E-state index in [1.54, 1.807) is 6.07 Å². The molecule has 0 spiro atoms. The van der Waals surface area contributed by atoms with Crippen molar-refractivity contribution < 1.29 is 9.90 Å². The van der Waals surface area contributed by atoms with Crippen molar-refractivity contribution in [2.75, 3.05) is 0 Å². The van der Waals surface area contributed by atoms with E-state index in [0.717, 1.165) is 22.2 Å². The third-order valence-electron chi connectivity index (χ3n) is 1.45. The highest BCUT2D eigenvalue weighted by molar-refractivity contribution is 9.10. The second-order valence-electron chi connectivity index (χ2n) is 2.44. The number of halogens is 1. The molecule has 0 saturated carbocycles. The number of carboxylic acid groups (broad SMARTS) is 1. The van der Waals surface area contributed by atoms with E-state index in [4.69, 9.17) is 5.11 Å². The molecule has 0 aromatic carbocycles. The van der Waals surface area contributed by atoms with Gasteiger partial charge in [0.25, 0.3) is 0 Å². The van der Waals surface area contributed by atoms with Crippen LogP contribution in [-0.4, -0.2) is 11.1 Å². The van der Waals surface area contributed by atoms with Gasteiger partial charge in [0, 0.05) is 9.35 Å². The van der Waals surface area contributed by atoms with Crippen molar-refractivity contribution in [3.8, 4) is 0 Å². The van der Waals surface area contributed by atoms with Gasteiger partial charge >= 0.3 is 5.97 Å². The number of hydrogen-bond acceptors (Lipinski definition) is 2. The zero-order valence-electron chi connectivity index (χ0n) is 6.63. The topological polar surface area (TPSA) is 37.3 Å². The summed E-state index contributed by atoms with van der Waals surface area (Å²) in [7, 11) is 0.